The summed E-state index contributed by atoms with van der Waals surface area (Å²) in [5, 5.41) is 6.74. The molecule has 1 unspecified atom stereocenters. The molecule has 2 aromatic rings. The number of ether oxygens (including phenoxy) is 2. The number of rotatable bonds is 9. The molecule has 2 N–H and O–H groups in total. The van der Waals surface area contributed by atoms with E-state index < -0.39 is 0 Å². The van der Waals surface area contributed by atoms with Gasteiger partial charge in [0.15, 0.2) is 5.96 Å². The van der Waals surface area contributed by atoms with Crippen LogP contribution >= 0.6 is 35.7 Å². The Kier molecular flexibility index (Phi) is 11.8. The van der Waals surface area contributed by atoms with E-state index in [1.54, 1.807) is 21.3 Å². The molecule has 0 spiro atoms. The fraction of sp³-hybridized carbons (Fsp3) is 0.381. The van der Waals surface area contributed by atoms with Gasteiger partial charge in [-0.2, -0.15) is 0 Å². The summed E-state index contributed by atoms with van der Waals surface area (Å²) in [5.41, 5.74) is 1.18. The van der Waals surface area contributed by atoms with Crippen molar-refractivity contribution >= 4 is 41.7 Å². The van der Waals surface area contributed by atoms with Crippen LogP contribution < -0.4 is 20.1 Å². The van der Waals surface area contributed by atoms with Gasteiger partial charge in [0.1, 0.15) is 11.5 Å². The first-order valence-electron chi connectivity index (χ1n) is 8.99. The van der Waals surface area contributed by atoms with E-state index in [1.165, 1.54) is 10.5 Å². The van der Waals surface area contributed by atoms with E-state index in [0.29, 0.717) is 12.5 Å². The molecule has 0 fully saturated rings. The Hall–Kier alpha value is -1.61. The Labute approximate surface area is 189 Å². The molecule has 0 saturated heterocycles. The van der Waals surface area contributed by atoms with E-state index in [4.69, 9.17) is 9.47 Å². The number of hydrogen-bond donors (Lipinski definition) is 2. The topological polar surface area (TPSA) is 54.9 Å². The molecule has 0 heterocycles. The lowest BCUT2D eigenvalue weighted by Crippen LogP contribution is -2.39. The van der Waals surface area contributed by atoms with Gasteiger partial charge in [-0.05, 0) is 35.7 Å². The highest BCUT2D eigenvalue weighted by Gasteiger charge is 2.08. The molecular formula is C21H30IN3O2S. The molecule has 7 heteroatoms. The fourth-order valence-electron chi connectivity index (χ4n) is 2.45. The first-order chi connectivity index (χ1) is 13.2. The third kappa shape index (κ3) is 8.18. The number of hydrogen-bond acceptors (Lipinski definition) is 4. The van der Waals surface area contributed by atoms with Crippen LogP contribution in [0.2, 0.25) is 0 Å². The first-order valence-corrected chi connectivity index (χ1v) is 9.98. The summed E-state index contributed by atoms with van der Waals surface area (Å²) in [5.74, 6) is 4.09. The molecule has 28 heavy (non-hydrogen) atoms. The molecule has 0 radical (unpaired) electrons. The summed E-state index contributed by atoms with van der Waals surface area (Å²) in [6.45, 7) is 3.80. The highest BCUT2D eigenvalue weighted by atomic mass is 127. The van der Waals surface area contributed by atoms with Gasteiger partial charge in [-0.3, -0.25) is 4.99 Å². The Morgan fingerprint density at radius 1 is 1.04 bits per heavy atom. The van der Waals surface area contributed by atoms with Crippen LogP contribution in [0.5, 0.6) is 11.5 Å². The molecule has 1 atom stereocenters. The lowest BCUT2D eigenvalue weighted by atomic mass is 10.2. The van der Waals surface area contributed by atoms with Crippen molar-refractivity contribution in [1.82, 2.24) is 10.6 Å². The second kappa shape index (κ2) is 13.5. The summed E-state index contributed by atoms with van der Waals surface area (Å²) in [6.07, 6.45) is 0. The second-order valence-electron chi connectivity index (χ2n) is 6.22. The summed E-state index contributed by atoms with van der Waals surface area (Å²) in [6, 6.07) is 16.1. The van der Waals surface area contributed by atoms with Gasteiger partial charge in [-0.1, -0.05) is 31.2 Å². The lowest BCUT2D eigenvalue weighted by Gasteiger charge is -2.16. The van der Waals surface area contributed by atoms with Crippen molar-refractivity contribution in [1.29, 1.82) is 0 Å². The number of guanidine groups is 1. The number of aliphatic imine (C=N–C) groups is 1. The highest BCUT2D eigenvalue weighted by molar-refractivity contribution is 14.0. The van der Waals surface area contributed by atoms with Crippen LogP contribution in [-0.4, -0.2) is 39.5 Å². The molecular weight excluding hydrogens is 485 g/mol. The third-order valence-corrected chi connectivity index (χ3v) is 5.44. The average Bonchev–Trinajstić information content (AvgIpc) is 2.72. The van der Waals surface area contributed by atoms with Gasteiger partial charge < -0.3 is 20.1 Å². The zero-order valence-electron chi connectivity index (χ0n) is 16.9. The largest absolute Gasteiger partial charge is 0.497 e. The standard InChI is InChI=1S/C21H29N3O2S.HI/c1-16(15-27-20-8-6-5-7-19(20)26-4)13-23-21(22-2)24-14-17-9-11-18(25-3)12-10-17;/h5-12,16H,13-15H2,1-4H3,(H2,22,23,24);1H. The Morgan fingerprint density at radius 3 is 2.39 bits per heavy atom. The molecule has 0 aliphatic carbocycles. The van der Waals surface area contributed by atoms with Crippen molar-refractivity contribution in [3.63, 3.8) is 0 Å². The van der Waals surface area contributed by atoms with Gasteiger partial charge in [0, 0.05) is 30.8 Å². The van der Waals surface area contributed by atoms with Gasteiger partial charge in [0.25, 0.3) is 0 Å². The predicted molar refractivity (Wildman–Crippen MR) is 129 cm³/mol. The van der Waals surface area contributed by atoms with Crippen LogP contribution in [0.25, 0.3) is 0 Å². The molecule has 0 aromatic heterocycles. The second-order valence-corrected chi connectivity index (χ2v) is 7.28. The van der Waals surface area contributed by atoms with E-state index in [1.807, 2.05) is 54.2 Å². The smallest absolute Gasteiger partial charge is 0.191 e. The normalized spacial score (nSPS) is 11.9. The summed E-state index contributed by atoms with van der Waals surface area (Å²) in [7, 11) is 5.17. The van der Waals surface area contributed by atoms with Crippen molar-refractivity contribution in [2.45, 2.75) is 18.4 Å². The van der Waals surface area contributed by atoms with Crippen LogP contribution in [-0.2, 0) is 6.54 Å². The maximum Gasteiger partial charge on any atom is 0.191 e. The van der Waals surface area contributed by atoms with Crippen LogP contribution in [0, 0.1) is 5.92 Å². The van der Waals surface area contributed by atoms with Crippen molar-refractivity contribution in [2.75, 3.05) is 33.6 Å². The van der Waals surface area contributed by atoms with E-state index in [2.05, 4.69) is 28.6 Å². The van der Waals surface area contributed by atoms with Crippen LogP contribution in [0.4, 0.5) is 0 Å². The average molecular weight is 515 g/mol. The Morgan fingerprint density at radius 2 is 1.75 bits per heavy atom. The van der Waals surface area contributed by atoms with Crippen LogP contribution in [0.15, 0.2) is 58.4 Å². The summed E-state index contributed by atoms with van der Waals surface area (Å²) >= 11 is 1.82. The molecule has 2 aromatic carbocycles. The minimum atomic E-state index is 0. The maximum atomic E-state index is 5.41. The molecule has 154 valence electrons. The lowest BCUT2D eigenvalue weighted by molar-refractivity contribution is 0.405. The molecule has 0 bridgehead atoms. The Balaban J connectivity index is 0.00000392. The number of halogens is 1. The van der Waals surface area contributed by atoms with Gasteiger partial charge >= 0.3 is 0 Å². The number of nitrogens with one attached hydrogen (secondary N) is 2. The minimum Gasteiger partial charge on any atom is -0.497 e. The maximum absolute atomic E-state index is 5.41. The molecule has 0 aliphatic rings. The number of thioether (sulfide) groups is 1. The van der Waals surface area contributed by atoms with Gasteiger partial charge in [0.05, 0.1) is 14.2 Å². The quantitative estimate of drug-likeness (QED) is 0.224. The molecule has 5 nitrogen and oxygen atoms in total. The van der Waals surface area contributed by atoms with Crippen molar-refractivity contribution in [3.8, 4) is 11.5 Å². The van der Waals surface area contributed by atoms with Crippen molar-refractivity contribution < 1.29 is 9.47 Å². The number of methoxy groups -OCH3 is 2. The van der Waals surface area contributed by atoms with Crippen molar-refractivity contribution in [2.24, 2.45) is 10.9 Å². The van der Waals surface area contributed by atoms with Crippen LogP contribution in [0.3, 0.4) is 0 Å². The van der Waals surface area contributed by atoms with Gasteiger partial charge in [0.2, 0.25) is 0 Å². The summed E-state index contributed by atoms with van der Waals surface area (Å²) < 4.78 is 10.6. The van der Waals surface area contributed by atoms with E-state index in [0.717, 1.165) is 29.8 Å². The van der Waals surface area contributed by atoms with Gasteiger partial charge in [-0.25, -0.2) is 0 Å². The molecule has 0 amide bonds. The zero-order chi connectivity index (χ0) is 19.5. The monoisotopic (exact) mass is 515 g/mol. The predicted octanol–water partition coefficient (Wildman–Crippen LogP) is 4.42. The Bertz CT molecular complexity index is 726. The number of para-hydroxylation sites is 1. The number of nitrogens with zero attached hydrogens (tertiary/aromatic N) is 1. The van der Waals surface area contributed by atoms with E-state index in [-0.39, 0.29) is 24.0 Å². The molecule has 0 saturated carbocycles. The highest BCUT2D eigenvalue weighted by Crippen LogP contribution is 2.29. The summed E-state index contributed by atoms with van der Waals surface area (Å²) in [4.78, 5) is 5.47. The zero-order valence-corrected chi connectivity index (χ0v) is 20.0. The number of benzene rings is 2. The molecule has 0 aliphatic heterocycles. The van der Waals surface area contributed by atoms with E-state index >= 15 is 0 Å². The fourth-order valence-corrected chi connectivity index (χ4v) is 3.50. The third-order valence-electron chi connectivity index (χ3n) is 4.05. The first kappa shape index (κ1) is 24.4. The van der Waals surface area contributed by atoms with Gasteiger partial charge in [-0.15, -0.1) is 35.7 Å². The minimum absolute atomic E-state index is 0. The van der Waals surface area contributed by atoms with E-state index in [9.17, 15) is 0 Å². The van der Waals surface area contributed by atoms with Crippen LogP contribution in [0.1, 0.15) is 12.5 Å². The SMILES string of the molecule is CN=C(NCc1ccc(OC)cc1)NCC(C)CSc1ccccc1OC.I. The van der Waals surface area contributed by atoms with Crippen molar-refractivity contribution in [3.05, 3.63) is 54.1 Å². The molecule has 2 rings (SSSR count).